The van der Waals surface area contributed by atoms with Crippen molar-refractivity contribution in [2.24, 2.45) is 7.05 Å². The molecule has 1 unspecified atom stereocenters. The fourth-order valence-corrected chi connectivity index (χ4v) is 6.10. The molecule has 3 heterocycles. The van der Waals surface area contributed by atoms with E-state index < -0.39 is 5.60 Å². The van der Waals surface area contributed by atoms with Crippen LogP contribution in [0.4, 0.5) is 5.82 Å². The Bertz CT molecular complexity index is 1860. The van der Waals surface area contributed by atoms with Gasteiger partial charge in [0.2, 0.25) is 0 Å². The summed E-state index contributed by atoms with van der Waals surface area (Å²) in [7, 11) is 1.87. The molecule has 7 nitrogen and oxygen atoms in total. The summed E-state index contributed by atoms with van der Waals surface area (Å²) < 4.78 is 3.65. The Balaban J connectivity index is 1.50. The van der Waals surface area contributed by atoms with Crippen LogP contribution in [0, 0.1) is 0 Å². The van der Waals surface area contributed by atoms with Crippen LogP contribution in [0.25, 0.3) is 16.6 Å². The molecule has 0 saturated carbocycles. The van der Waals surface area contributed by atoms with Crippen molar-refractivity contribution < 1.29 is 5.11 Å². The highest BCUT2D eigenvalue weighted by molar-refractivity contribution is 6.36. The van der Waals surface area contributed by atoms with Crippen molar-refractivity contribution in [3.63, 3.8) is 0 Å². The summed E-state index contributed by atoms with van der Waals surface area (Å²) >= 11 is 13.5. The average Bonchev–Trinajstić information content (AvgIpc) is 3.72. The van der Waals surface area contributed by atoms with E-state index in [1.165, 1.54) is 0 Å². The minimum absolute atomic E-state index is 0.591. The lowest BCUT2D eigenvalue weighted by Crippen LogP contribution is -2.31. The second-order valence-electron chi connectivity index (χ2n) is 10.5. The molecule has 0 aliphatic carbocycles. The first-order valence-electron chi connectivity index (χ1n) is 14.2. The molecule has 1 atom stereocenters. The van der Waals surface area contributed by atoms with Crippen molar-refractivity contribution in [1.82, 2.24) is 24.3 Å². The number of aryl methyl sites for hydroxylation is 1. The highest BCUT2D eigenvalue weighted by Crippen LogP contribution is 2.41. The van der Waals surface area contributed by atoms with E-state index in [1.807, 2.05) is 58.9 Å². The zero-order valence-corrected chi connectivity index (χ0v) is 25.8. The van der Waals surface area contributed by atoms with Crippen molar-refractivity contribution >= 4 is 39.9 Å². The number of fused-ring (bicyclic) bond motifs is 1. The Morgan fingerprint density at radius 1 is 0.930 bits per heavy atom. The predicted molar refractivity (Wildman–Crippen MR) is 173 cm³/mol. The summed E-state index contributed by atoms with van der Waals surface area (Å²) in [6.45, 7) is 5.83. The molecule has 6 rings (SSSR count). The van der Waals surface area contributed by atoms with Crippen molar-refractivity contribution in [3.05, 3.63) is 136 Å². The number of nitrogens with zero attached hydrogens (tertiary/aromatic N) is 6. The minimum atomic E-state index is -1.51. The number of anilines is 1. The normalized spacial score (nSPS) is 12.9. The molecule has 6 aromatic rings. The van der Waals surface area contributed by atoms with Gasteiger partial charge < -0.3 is 14.6 Å². The molecule has 0 bridgehead atoms. The van der Waals surface area contributed by atoms with Gasteiger partial charge in [0.1, 0.15) is 5.82 Å². The summed E-state index contributed by atoms with van der Waals surface area (Å²) in [5, 5.41) is 18.8. The fraction of sp³-hybridized carbons (Fsp3) is 0.206. The van der Waals surface area contributed by atoms with Gasteiger partial charge in [-0.3, -0.25) is 0 Å². The van der Waals surface area contributed by atoms with Gasteiger partial charge >= 0.3 is 0 Å². The molecule has 0 saturated heterocycles. The molecule has 218 valence electrons. The largest absolute Gasteiger partial charge is 0.374 e. The summed E-state index contributed by atoms with van der Waals surface area (Å²) in [6.07, 6.45) is 7.64. The highest BCUT2D eigenvalue weighted by Gasteiger charge is 2.37. The number of aliphatic hydroxyl groups is 1. The maximum absolute atomic E-state index is 12.5. The first-order chi connectivity index (χ1) is 20.8. The summed E-state index contributed by atoms with van der Waals surface area (Å²) in [5.41, 5.74) is 4.23. The van der Waals surface area contributed by atoms with Crippen molar-refractivity contribution in [2.45, 2.75) is 25.9 Å². The predicted octanol–water partition coefficient (Wildman–Crippen LogP) is 7.18. The molecular weight excluding hydrogens is 579 g/mol. The number of imidazole rings is 1. The molecular formula is C34H32Cl2N6O. The smallest absolute Gasteiger partial charge is 0.156 e. The Labute approximate surface area is 261 Å². The van der Waals surface area contributed by atoms with E-state index in [-0.39, 0.29) is 0 Å². The third kappa shape index (κ3) is 5.29. The third-order valence-electron chi connectivity index (χ3n) is 8.01. The quantitative estimate of drug-likeness (QED) is 0.188. The van der Waals surface area contributed by atoms with Crippen LogP contribution in [0.2, 0.25) is 10.0 Å². The number of hydrogen-bond donors (Lipinski definition) is 1. The van der Waals surface area contributed by atoms with E-state index in [2.05, 4.69) is 53.1 Å². The van der Waals surface area contributed by atoms with Crippen LogP contribution in [0.3, 0.4) is 0 Å². The van der Waals surface area contributed by atoms with E-state index in [9.17, 15) is 5.11 Å². The van der Waals surface area contributed by atoms with Gasteiger partial charge in [-0.05, 0) is 73.0 Å². The maximum atomic E-state index is 12.5. The van der Waals surface area contributed by atoms with Gasteiger partial charge in [0.05, 0.1) is 34.4 Å². The van der Waals surface area contributed by atoms with Crippen LogP contribution >= 0.6 is 23.2 Å². The van der Waals surface area contributed by atoms with Crippen molar-refractivity contribution in [2.75, 3.05) is 18.0 Å². The van der Waals surface area contributed by atoms with Gasteiger partial charge in [-0.25, -0.2) is 14.6 Å². The number of hydrogen-bond acceptors (Lipinski definition) is 5. The molecule has 43 heavy (non-hydrogen) atoms. The summed E-state index contributed by atoms with van der Waals surface area (Å²) in [4.78, 5) is 11.7. The van der Waals surface area contributed by atoms with Crippen molar-refractivity contribution in [1.29, 1.82) is 0 Å². The second kappa shape index (κ2) is 11.8. The molecule has 0 fully saturated rings. The Morgan fingerprint density at radius 2 is 1.65 bits per heavy atom. The van der Waals surface area contributed by atoms with Gasteiger partial charge in [0, 0.05) is 54.9 Å². The lowest BCUT2D eigenvalue weighted by molar-refractivity contribution is 0.117. The van der Waals surface area contributed by atoms with Crippen LogP contribution in [0.1, 0.15) is 41.8 Å². The van der Waals surface area contributed by atoms with E-state index in [4.69, 9.17) is 28.2 Å². The maximum Gasteiger partial charge on any atom is 0.156 e. The molecule has 0 amide bonds. The summed E-state index contributed by atoms with van der Waals surface area (Å²) in [6, 6.07) is 23.2. The average molecular weight is 612 g/mol. The Kier molecular flexibility index (Phi) is 7.97. The fourth-order valence-electron chi connectivity index (χ4n) is 5.67. The molecule has 0 aliphatic rings. The van der Waals surface area contributed by atoms with Gasteiger partial charge in [0.25, 0.3) is 0 Å². The second-order valence-corrected chi connectivity index (χ2v) is 11.3. The first-order valence-corrected chi connectivity index (χ1v) is 15.0. The highest BCUT2D eigenvalue weighted by atomic mass is 35.5. The number of rotatable bonds is 9. The zero-order valence-electron chi connectivity index (χ0n) is 24.2. The van der Waals surface area contributed by atoms with Gasteiger partial charge in [-0.2, -0.15) is 5.10 Å². The minimum Gasteiger partial charge on any atom is -0.374 e. The topological polar surface area (TPSA) is 72.0 Å². The zero-order chi connectivity index (χ0) is 30.1. The van der Waals surface area contributed by atoms with Gasteiger partial charge in [-0.1, -0.05) is 53.5 Å². The van der Waals surface area contributed by atoms with Gasteiger partial charge in [0.15, 0.2) is 5.60 Å². The van der Waals surface area contributed by atoms with Crippen LogP contribution in [0.15, 0.2) is 97.7 Å². The van der Waals surface area contributed by atoms with Crippen LogP contribution < -0.4 is 4.90 Å². The Hall–Kier alpha value is -4.17. The monoisotopic (exact) mass is 610 g/mol. The third-order valence-corrected chi connectivity index (χ3v) is 8.69. The molecule has 1 N–H and O–H groups in total. The first kappa shape index (κ1) is 28.9. The molecule has 0 radical (unpaired) electrons. The van der Waals surface area contributed by atoms with Crippen LogP contribution in [0.5, 0.6) is 0 Å². The number of pyridine rings is 1. The molecule has 0 aliphatic heterocycles. The van der Waals surface area contributed by atoms with Crippen LogP contribution in [-0.2, 0) is 19.1 Å². The molecule has 9 heteroatoms. The molecule has 3 aromatic carbocycles. The number of halogens is 2. The van der Waals surface area contributed by atoms with E-state index in [1.54, 1.807) is 30.9 Å². The van der Waals surface area contributed by atoms with Gasteiger partial charge in [-0.15, -0.1) is 0 Å². The lowest BCUT2D eigenvalue weighted by atomic mass is 9.83. The molecule has 0 spiro atoms. The number of aromatic nitrogens is 5. The van der Waals surface area contributed by atoms with Crippen molar-refractivity contribution in [3.8, 4) is 5.69 Å². The van der Waals surface area contributed by atoms with E-state index in [0.717, 1.165) is 46.6 Å². The SMILES string of the molecule is CCN(CC)c1nc2ccc(C(O)(c3ccc(Cl)cc3)c3cncn3C)cc2c(Cl)c1Cc1ccc(-n2cccn2)cc1. The van der Waals surface area contributed by atoms with Crippen LogP contribution in [-0.4, -0.2) is 42.5 Å². The standard InChI is InChI=1S/C34H32Cl2N6O/c1-4-41(5-2)33-29(19-23-7-14-27(15-8-23)42-18-6-17-38-42)32(36)28-20-25(11-16-30(28)39-33)34(43,31-21-37-22-40(31)3)24-9-12-26(35)13-10-24/h6-18,20-22,43H,4-5,19H2,1-3H3. The Morgan fingerprint density at radius 3 is 2.28 bits per heavy atom. The summed E-state index contributed by atoms with van der Waals surface area (Å²) in [5.74, 6) is 0.867. The molecule has 3 aromatic heterocycles. The van der Waals surface area contributed by atoms with E-state index in [0.29, 0.717) is 33.3 Å². The number of benzene rings is 3. The van der Waals surface area contributed by atoms with E-state index >= 15 is 0 Å². The lowest BCUT2D eigenvalue weighted by Gasteiger charge is -2.30.